The van der Waals surface area contributed by atoms with Crippen LogP contribution in [0.5, 0.6) is 5.75 Å². The molecule has 34 heavy (non-hydrogen) atoms. The minimum atomic E-state index is -0.0493. The Morgan fingerprint density at radius 2 is 1.74 bits per heavy atom. The molecular formula is C28H24N4O2. The molecule has 168 valence electrons. The van der Waals surface area contributed by atoms with Crippen molar-refractivity contribution in [1.82, 2.24) is 19.2 Å². The Labute approximate surface area is 197 Å². The van der Waals surface area contributed by atoms with Crippen molar-refractivity contribution in [3.63, 3.8) is 0 Å². The zero-order chi connectivity index (χ0) is 23.1. The Bertz CT molecular complexity index is 1500. The van der Waals surface area contributed by atoms with E-state index in [0.717, 1.165) is 33.5 Å². The molecule has 0 atom stereocenters. The minimum Gasteiger partial charge on any atom is -0.484 e. The highest BCUT2D eigenvalue weighted by atomic mass is 16.5. The van der Waals surface area contributed by atoms with Gasteiger partial charge in [0.15, 0.2) is 6.61 Å². The molecule has 0 saturated heterocycles. The van der Waals surface area contributed by atoms with Crippen LogP contribution >= 0.6 is 0 Å². The number of nitrogens with zero attached hydrogens (tertiary/aromatic N) is 4. The number of hydrogen-bond acceptors (Lipinski definition) is 3. The van der Waals surface area contributed by atoms with Gasteiger partial charge in [0, 0.05) is 18.0 Å². The fourth-order valence-corrected chi connectivity index (χ4v) is 4.55. The van der Waals surface area contributed by atoms with E-state index in [2.05, 4.69) is 35.8 Å². The first-order chi connectivity index (χ1) is 16.7. The Hall–Kier alpha value is -4.32. The summed E-state index contributed by atoms with van der Waals surface area (Å²) in [6.45, 7) is 3.06. The van der Waals surface area contributed by atoms with Crippen LogP contribution in [0.4, 0.5) is 0 Å². The maximum atomic E-state index is 13.0. The Morgan fingerprint density at radius 1 is 0.912 bits per heavy atom. The normalized spacial score (nSPS) is 12.8. The van der Waals surface area contributed by atoms with Crippen LogP contribution < -0.4 is 4.74 Å². The predicted octanol–water partition coefficient (Wildman–Crippen LogP) is 5.05. The summed E-state index contributed by atoms with van der Waals surface area (Å²) in [5.74, 6) is 1.62. The van der Waals surface area contributed by atoms with Crippen LogP contribution in [0, 0.1) is 6.92 Å². The van der Waals surface area contributed by atoms with Gasteiger partial charge in [0.05, 0.1) is 24.5 Å². The van der Waals surface area contributed by atoms with Gasteiger partial charge in [-0.05, 0) is 59.7 Å². The van der Waals surface area contributed by atoms with E-state index >= 15 is 0 Å². The molecule has 0 aliphatic carbocycles. The molecule has 0 saturated carbocycles. The number of carbonyl (C=O) groups is 1. The van der Waals surface area contributed by atoms with E-state index in [-0.39, 0.29) is 12.5 Å². The van der Waals surface area contributed by atoms with Crippen molar-refractivity contribution in [1.29, 1.82) is 0 Å². The van der Waals surface area contributed by atoms with Gasteiger partial charge in [-0.1, -0.05) is 42.5 Å². The molecule has 6 rings (SSSR count). The van der Waals surface area contributed by atoms with Crippen molar-refractivity contribution in [3.8, 4) is 17.3 Å². The van der Waals surface area contributed by atoms with Crippen molar-refractivity contribution in [3.05, 3.63) is 108 Å². The first-order valence-electron chi connectivity index (χ1n) is 11.4. The SMILES string of the molecule is Cc1cccc(-n2nc3c(c2-n2cccc2)CN(C(=O)COc2ccc4ccccc4c2)C3)c1. The van der Waals surface area contributed by atoms with Gasteiger partial charge in [-0.25, -0.2) is 4.68 Å². The number of amides is 1. The number of benzene rings is 3. The summed E-state index contributed by atoms with van der Waals surface area (Å²) >= 11 is 0. The van der Waals surface area contributed by atoms with Gasteiger partial charge in [0.25, 0.3) is 5.91 Å². The molecule has 3 heterocycles. The summed E-state index contributed by atoms with van der Waals surface area (Å²) < 4.78 is 9.89. The van der Waals surface area contributed by atoms with E-state index < -0.39 is 0 Å². The maximum absolute atomic E-state index is 13.0. The lowest BCUT2D eigenvalue weighted by Gasteiger charge is -2.18. The minimum absolute atomic E-state index is 0.000647. The van der Waals surface area contributed by atoms with Crippen molar-refractivity contribution < 1.29 is 9.53 Å². The first kappa shape index (κ1) is 20.3. The number of rotatable bonds is 5. The molecule has 0 unspecified atom stereocenters. The summed E-state index contributed by atoms with van der Waals surface area (Å²) in [5, 5.41) is 7.14. The lowest BCUT2D eigenvalue weighted by Crippen LogP contribution is -2.31. The molecule has 1 aliphatic rings. The largest absolute Gasteiger partial charge is 0.484 e. The molecule has 0 fully saturated rings. The number of carbonyl (C=O) groups excluding carboxylic acids is 1. The van der Waals surface area contributed by atoms with Crippen LogP contribution in [0.15, 0.2) is 91.3 Å². The highest BCUT2D eigenvalue weighted by Gasteiger charge is 2.31. The highest BCUT2D eigenvalue weighted by Crippen LogP contribution is 2.31. The number of fused-ring (bicyclic) bond motifs is 2. The van der Waals surface area contributed by atoms with Gasteiger partial charge < -0.3 is 14.2 Å². The highest BCUT2D eigenvalue weighted by molar-refractivity contribution is 5.84. The molecule has 2 aromatic heterocycles. The van der Waals surface area contributed by atoms with Gasteiger partial charge >= 0.3 is 0 Å². The Morgan fingerprint density at radius 3 is 2.56 bits per heavy atom. The number of hydrogen-bond donors (Lipinski definition) is 0. The number of aryl methyl sites for hydroxylation is 1. The molecule has 6 nitrogen and oxygen atoms in total. The molecule has 0 radical (unpaired) electrons. The third-order valence-corrected chi connectivity index (χ3v) is 6.26. The average Bonchev–Trinajstić information content (AvgIpc) is 3.59. The van der Waals surface area contributed by atoms with Crippen LogP contribution in [0.3, 0.4) is 0 Å². The number of aromatic nitrogens is 3. The standard InChI is InChI=1S/C28H24N4O2/c1-20-7-6-10-23(15-20)32-28(30-13-4-5-14-30)25-17-31(18-26(25)29-32)27(33)19-34-24-12-11-21-8-2-3-9-22(21)16-24/h2-16H,17-19H2,1H3. The molecule has 6 heteroatoms. The molecule has 3 aromatic carbocycles. The molecule has 0 bridgehead atoms. The van der Waals surface area contributed by atoms with E-state index in [4.69, 9.17) is 9.84 Å². The fourth-order valence-electron chi connectivity index (χ4n) is 4.55. The van der Waals surface area contributed by atoms with Crippen molar-refractivity contribution in [2.75, 3.05) is 6.61 Å². The van der Waals surface area contributed by atoms with E-state index in [9.17, 15) is 4.79 Å². The van der Waals surface area contributed by atoms with E-state index in [1.807, 2.05) is 76.6 Å². The molecule has 1 amide bonds. The topological polar surface area (TPSA) is 52.3 Å². The second-order valence-electron chi connectivity index (χ2n) is 8.64. The summed E-state index contributed by atoms with van der Waals surface area (Å²) in [6, 6.07) is 26.3. The lowest BCUT2D eigenvalue weighted by atomic mass is 10.1. The van der Waals surface area contributed by atoms with Gasteiger partial charge in [0.1, 0.15) is 11.6 Å². The Balaban J connectivity index is 1.23. The van der Waals surface area contributed by atoms with Crippen molar-refractivity contribution in [2.45, 2.75) is 20.0 Å². The molecule has 1 aliphatic heterocycles. The third-order valence-electron chi connectivity index (χ3n) is 6.26. The van der Waals surface area contributed by atoms with E-state index in [0.29, 0.717) is 18.8 Å². The van der Waals surface area contributed by atoms with E-state index in [1.54, 1.807) is 0 Å². The molecule has 0 N–H and O–H groups in total. The lowest BCUT2D eigenvalue weighted by molar-refractivity contribution is -0.134. The van der Waals surface area contributed by atoms with Crippen LogP contribution in [0.25, 0.3) is 22.3 Å². The predicted molar refractivity (Wildman–Crippen MR) is 131 cm³/mol. The maximum Gasteiger partial charge on any atom is 0.261 e. The summed E-state index contributed by atoms with van der Waals surface area (Å²) in [6.07, 6.45) is 4.02. The zero-order valence-electron chi connectivity index (χ0n) is 18.9. The second-order valence-corrected chi connectivity index (χ2v) is 8.64. The van der Waals surface area contributed by atoms with Crippen molar-refractivity contribution in [2.24, 2.45) is 0 Å². The van der Waals surface area contributed by atoms with Gasteiger partial charge in [-0.15, -0.1) is 0 Å². The molecular weight excluding hydrogens is 424 g/mol. The average molecular weight is 449 g/mol. The van der Waals surface area contributed by atoms with Crippen LogP contribution in [0.1, 0.15) is 16.8 Å². The number of ether oxygens (including phenoxy) is 1. The van der Waals surface area contributed by atoms with Crippen LogP contribution in [-0.4, -0.2) is 31.8 Å². The van der Waals surface area contributed by atoms with Crippen LogP contribution in [-0.2, 0) is 17.9 Å². The molecule has 0 spiro atoms. The quantitative estimate of drug-likeness (QED) is 0.378. The molecule has 5 aromatic rings. The van der Waals surface area contributed by atoms with Gasteiger partial charge in [-0.2, -0.15) is 5.10 Å². The first-order valence-corrected chi connectivity index (χ1v) is 11.4. The van der Waals surface area contributed by atoms with Gasteiger partial charge in [-0.3, -0.25) is 4.79 Å². The summed E-state index contributed by atoms with van der Waals surface area (Å²) in [5.41, 5.74) is 4.17. The zero-order valence-corrected chi connectivity index (χ0v) is 18.9. The monoisotopic (exact) mass is 448 g/mol. The smallest absolute Gasteiger partial charge is 0.261 e. The third kappa shape index (κ3) is 3.63. The second kappa shape index (κ2) is 8.23. The van der Waals surface area contributed by atoms with E-state index in [1.165, 1.54) is 5.56 Å². The fraction of sp³-hybridized carbons (Fsp3) is 0.143. The summed E-state index contributed by atoms with van der Waals surface area (Å²) in [7, 11) is 0. The van der Waals surface area contributed by atoms with Crippen molar-refractivity contribution >= 4 is 16.7 Å². The Kier molecular flexibility index (Phi) is 4.91. The van der Waals surface area contributed by atoms with Gasteiger partial charge in [0.2, 0.25) is 0 Å². The van der Waals surface area contributed by atoms with Crippen LogP contribution in [0.2, 0.25) is 0 Å². The summed E-state index contributed by atoms with van der Waals surface area (Å²) in [4.78, 5) is 14.8.